The van der Waals surface area contributed by atoms with Gasteiger partial charge < -0.3 is 0 Å². The maximum absolute atomic E-state index is 11.5. The Bertz CT molecular complexity index is 1680. The molecule has 0 N–H and O–H groups in total. The van der Waals surface area contributed by atoms with Crippen molar-refractivity contribution in [1.82, 2.24) is 29.9 Å². The predicted octanol–water partition coefficient (Wildman–Crippen LogP) is 2.83. The Balaban J connectivity index is 0.000000248. The van der Waals surface area contributed by atoms with E-state index in [1.54, 1.807) is 66.8 Å². The van der Waals surface area contributed by atoms with Gasteiger partial charge in [0.25, 0.3) is 0 Å². The quantitative estimate of drug-likeness (QED) is 0.0991. The van der Waals surface area contributed by atoms with Crippen LogP contribution in [0.2, 0.25) is 0 Å². The van der Waals surface area contributed by atoms with Crippen LogP contribution in [0.3, 0.4) is 0 Å². The smallest absolute Gasteiger partial charge is 0.0753 e. The summed E-state index contributed by atoms with van der Waals surface area (Å²) in [4.78, 5) is 49.5. The fraction of sp³-hybridized carbons (Fsp3) is 0. The van der Waals surface area contributed by atoms with E-state index in [4.69, 9.17) is 0 Å². The van der Waals surface area contributed by atoms with Crippen LogP contribution in [0, 0.1) is 0 Å². The molecule has 14 heteroatoms. The van der Waals surface area contributed by atoms with Crippen LogP contribution >= 0.6 is 14.8 Å². The monoisotopic (exact) mass is 826 g/mol. The summed E-state index contributed by atoms with van der Waals surface area (Å²) in [5.41, 5.74) is 3.98. The number of aromatic nitrogens is 6. The Morgan fingerprint density at radius 1 is 0.435 bits per heavy atom. The first-order valence-corrected chi connectivity index (χ1v) is 16.7. The van der Waals surface area contributed by atoms with E-state index in [1.165, 1.54) is 18.6 Å². The molecule has 6 heterocycles. The van der Waals surface area contributed by atoms with Crippen molar-refractivity contribution in [1.29, 1.82) is 0 Å². The topological polar surface area (TPSA) is 136 Å². The third-order valence-electron chi connectivity index (χ3n) is 6.36. The first-order chi connectivity index (χ1) is 21.7. The van der Waals surface area contributed by atoms with Crippen LogP contribution in [0.4, 0.5) is 0 Å². The minimum atomic E-state index is -4.41. The average Bonchev–Trinajstić information content (AvgIpc) is 3.11. The van der Waals surface area contributed by atoms with Crippen molar-refractivity contribution in [2.24, 2.45) is 9.53 Å². The molecule has 46 heavy (non-hydrogen) atoms. The standard InChI is InChI=1S/C17H12N5O2P.C15H12N3P.2Pd/c23-13-21-25(22-14-24,15-7-1-4-10-18-15,16-8-2-5-11-19-16)17-9-3-6-12-20-17;1-4-10-16-13(7-1)19(14-8-2-5-11-17-14)15-9-3-6-12-18-15;;/h1-12H;1-12H;;. The van der Waals surface area contributed by atoms with Gasteiger partial charge in [0.05, 0.1) is 16.3 Å². The molecule has 0 spiro atoms. The van der Waals surface area contributed by atoms with Crippen LogP contribution in [-0.4, -0.2) is 42.1 Å². The molecule has 0 saturated carbocycles. The molecule has 6 aromatic rings. The van der Waals surface area contributed by atoms with Crippen molar-refractivity contribution < 1.29 is 50.4 Å². The molecule has 0 amide bonds. The Hall–Kier alpha value is -4.16. The zero-order valence-electron chi connectivity index (χ0n) is 23.8. The summed E-state index contributed by atoms with van der Waals surface area (Å²) in [7, 11) is -0.779. The van der Waals surface area contributed by atoms with E-state index in [0.717, 1.165) is 16.3 Å². The Kier molecular flexibility index (Phi) is 13.8. The van der Waals surface area contributed by atoms with Crippen LogP contribution in [0.1, 0.15) is 0 Å². The first-order valence-electron chi connectivity index (χ1n) is 13.2. The fourth-order valence-corrected chi connectivity index (χ4v) is 10.1. The molecule has 0 aliphatic carbocycles. The molecular formula is C32H24N8O2P2Pd2. The third kappa shape index (κ3) is 7.45. The second kappa shape index (κ2) is 17.5. The second-order valence-corrected chi connectivity index (χ2v) is 14.7. The Morgan fingerprint density at radius 2 is 0.717 bits per heavy atom. The summed E-state index contributed by atoms with van der Waals surface area (Å²) >= 11 is 0. The van der Waals surface area contributed by atoms with Crippen molar-refractivity contribution >= 4 is 59.6 Å². The normalized spacial score (nSPS) is 10.9. The number of hydrogen-bond acceptors (Lipinski definition) is 10. The van der Waals surface area contributed by atoms with Crippen molar-refractivity contribution in [2.45, 2.75) is 0 Å². The zero-order valence-corrected chi connectivity index (χ0v) is 28.7. The number of nitrogens with zero attached hydrogens (tertiary/aromatic N) is 8. The predicted molar refractivity (Wildman–Crippen MR) is 173 cm³/mol. The molecule has 10 nitrogen and oxygen atoms in total. The van der Waals surface area contributed by atoms with Crippen LogP contribution in [-0.2, 0) is 50.4 Å². The number of rotatable bonds is 8. The van der Waals surface area contributed by atoms with Crippen molar-refractivity contribution in [3.63, 3.8) is 0 Å². The molecule has 6 aromatic heterocycles. The van der Waals surface area contributed by atoms with Crippen LogP contribution in [0.15, 0.2) is 156 Å². The minimum absolute atomic E-state index is 0. The Labute approximate surface area is 294 Å². The number of carbonyl (C=O) groups excluding carboxylic acids is 2. The Morgan fingerprint density at radius 3 is 0.935 bits per heavy atom. The van der Waals surface area contributed by atoms with Gasteiger partial charge in [0, 0.05) is 67.4 Å². The molecule has 0 bridgehead atoms. The van der Waals surface area contributed by atoms with Gasteiger partial charge in [0.2, 0.25) is 0 Å². The van der Waals surface area contributed by atoms with E-state index >= 15 is 0 Å². The SMILES string of the molecule is O=C=NP(N=C=O)(c1ccccn1)(c1ccccn1)c1ccccn1.[Pd].[Pd].c1ccc(P(c2ccccn2)c2ccccn2)nc1. The molecule has 0 unspecified atom stereocenters. The minimum Gasteiger partial charge on any atom is -0.256 e. The molecule has 0 fully saturated rings. The molecule has 0 aliphatic heterocycles. The summed E-state index contributed by atoms with van der Waals surface area (Å²) < 4.78 is 8.19. The summed E-state index contributed by atoms with van der Waals surface area (Å²) in [6.07, 6.45) is 13.2. The summed E-state index contributed by atoms with van der Waals surface area (Å²) in [5.74, 6) is 0. The molecular weight excluding hydrogens is 803 g/mol. The number of isocyanates is 2. The van der Waals surface area contributed by atoms with E-state index in [0.29, 0.717) is 16.3 Å². The number of pyridine rings is 6. The van der Waals surface area contributed by atoms with Crippen LogP contribution < -0.4 is 32.6 Å². The fourth-order valence-electron chi connectivity index (χ4n) is 4.46. The average molecular weight is 827 g/mol. The second-order valence-electron chi connectivity index (χ2n) is 8.87. The first kappa shape index (κ1) is 36.3. The van der Waals surface area contributed by atoms with E-state index in [9.17, 15) is 9.59 Å². The van der Waals surface area contributed by atoms with Gasteiger partial charge in [0.1, 0.15) is 0 Å². The van der Waals surface area contributed by atoms with E-state index in [-0.39, 0.29) is 40.8 Å². The maximum atomic E-state index is 11.5. The summed E-state index contributed by atoms with van der Waals surface area (Å²) in [6.45, 7) is -4.41. The van der Waals surface area contributed by atoms with E-state index in [2.05, 4.69) is 39.4 Å². The van der Waals surface area contributed by atoms with Gasteiger partial charge >= 0.3 is 143 Å². The number of hydrogen-bond donors (Lipinski definition) is 0. The maximum Gasteiger partial charge on any atom is 0.0753 e. The molecule has 234 valence electrons. The van der Waals surface area contributed by atoms with Gasteiger partial charge in [-0.2, -0.15) is 0 Å². The van der Waals surface area contributed by atoms with Gasteiger partial charge in [-0.05, 0) is 36.4 Å². The van der Waals surface area contributed by atoms with Gasteiger partial charge in [-0.3, -0.25) is 15.0 Å². The van der Waals surface area contributed by atoms with E-state index in [1.807, 2.05) is 73.2 Å². The molecule has 0 atom stereocenters. The summed E-state index contributed by atoms with van der Waals surface area (Å²) in [5, 5.41) is 0. The van der Waals surface area contributed by atoms with Gasteiger partial charge in [0.15, 0.2) is 0 Å². The zero-order chi connectivity index (χ0) is 30.5. The van der Waals surface area contributed by atoms with Gasteiger partial charge in [-0.1, -0.05) is 18.2 Å². The molecule has 0 aliphatic rings. The molecule has 0 radical (unpaired) electrons. The molecule has 6 rings (SSSR count). The van der Waals surface area contributed by atoms with E-state index < -0.39 is 14.8 Å². The van der Waals surface area contributed by atoms with Crippen LogP contribution in [0.25, 0.3) is 0 Å². The van der Waals surface area contributed by atoms with Crippen molar-refractivity contribution in [2.75, 3.05) is 0 Å². The van der Waals surface area contributed by atoms with Crippen molar-refractivity contribution in [3.05, 3.63) is 146 Å². The van der Waals surface area contributed by atoms with Crippen molar-refractivity contribution in [3.8, 4) is 0 Å². The molecule has 0 saturated heterocycles. The summed E-state index contributed by atoms with van der Waals surface area (Å²) in [6, 6.07) is 33.1. The molecule has 0 aromatic carbocycles. The van der Waals surface area contributed by atoms with Gasteiger partial charge in [-0.15, -0.1) is 0 Å². The largest absolute Gasteiger partial charge is 0.256 e. The van der Waals surface area contributed by atoms with Crippen LogP contribution in [0.5, 0.6) is 0 Å². The van der Waals surface area contributed by atoms with Gasteiger partial charge in [-0.25, -0.2) is 0 Å². The third-order valence-corrected chi connectivity index (χ3v) is 12.9.